The second-order valence-electron chi connectivity index (χ2n) is 7.27. The molecule has 1 aromatic heterocycles. The van der Waals surface area contributed by atoms with Gasteiger partial charge in [-0.1, -0.05) is 42.5 Å². The number of nitrogens with zero attached hydrogens (tertiary/aromatic N) is 2. The summed E-state index contributed by atoms with van der Waals surface area (Å²) in [7, 11) is -0.543. The van der Waals surface area contributed by atoms with E-state index in [0.29, 0.717) is 10.8 Å². The van der Waals surface area contributed by atoms with Gasteiger partial charge in [0.1, 0.15) is 0 Å². The molecule has 10 heteroatoms. The Morgan fingerprint density at radius 3 is 2.31 bits per heavy atom. The molecule has 0 saturated heterocycles. The number of anilines is 1. The van der Waals surface area contributed by atoms with E-state index in [0.717, 1.165) is 15.4 Å². The summed E-state index contributed by atoms with van der Waals surface area (Å²) in [5.74, 6) is -0.496. The van der Waals surface area contributed by atoms with Gasteiger partial charge in [-0.3, -0.25) is 9.59 Å². The Kier molecular flexibility index (Phi) is 7.39. The van der Waals surface area contributed by atoms with Crippen molar-refractivity contribution in [3.8, 4) is 11.3 Å². The summed E-state index contributed by atoms with van der Waals surface area (Å²) in [6.45, 7) is 1.41. The standard InChI is InChI=1S/C22H24N4O4S2/c1-15(27)23-19(16-7-5-4-6-8-16)13-21(28)25-22-24-20(14-31-22)17-9-11-18(12-10-17)32(29,30)26(2)3/h4-12,14,19H,13H2,1-3H3,(H,23,27)(H,24,25,28). The Bertz CT molecular complexity index is 1190. The second kappa shape index (κ2) is 10.0. The lowest BCUT2D eigenvalue weighted by Gasteiger charge is -2.17. The third kappa shape index (κ3) is 5.78. The van der Waals surface area contributed by atoms with Crippen LogP contribution in [0.2, 0.25) is 0 Å². The number of nitrogens with one attached hydrogen (secondary N) is 2. The SMILES string of the molecule is CC(=O)NC(CC(=O)Nc1nc(-c2ccc(S(=O)(=O)N(C)C)cc2)cs1)c1ccccc1. The van der Waals surface area contributed by atoms with E-state index in [4.69, 9.17) is 0 Å². The van der Waals surface area contributed by atoms with E-state index in [1.807, 2.05) is 30.3 Å². The van der Waals surface area contributed by atoms with Gasteiger partial charge in [-0.25, -0.2) is 17.7 Å². The van der Waals surface area contributed by atoms with Gasteiger partial charge in [0.05, 0.1) is 23.1 Å². The van der Waals surface area contributed by atoms with E-state index >= 15 is 0 Å². The van der Waals surface area contributed by atoms with Gasteiger partial charge in [0.2, 0.25) is 21.8 Å². The molecule has 1 heterocycles. The third-order valence-electron chi connectivity index (χ3n) is 4.65. The minimum absolute atomic E-state index is 0.0651. The lowest BCUT2D eigenvalue weighted by atomic mass is 10.0. The van der Waals surface area contributed by atoms with Crippen LogP contribution in [-0.4, -0.2) is 43.6 Å². The Morgan fingerprint density at radius 1 is 1.06 bits per heavy atom. The summed E-state index contributed by atoms with van der Waals surface area (Å²) >= 11 is 1.27. The highest BCUT2D eigenvalue weighted by Gasteiger charge is 2.19. The highest BCUT2D eigenvalue weighted by molar-refractivity contribution is 7.89. The number of aromatic nitrogens is 1. The van der Waals surface area contributed by atoms with Gasteiger partial charge in [-0.2, -0.15) is 0 Å². The van der Waals surface area contributed by atoms with Crippen molar-refractivity contribution in [2.45, 2.75) is 24.3 Å². The van der Waals surface area contributed by atoms with E-state index in [1.165, 1.54) is 44.5 Å². The second-order valence-corrected chi connectivity index (χ2v) is 10.3. The molecular formula is C22H24N4O4S2. The maximum Gasteiger partial charge on any atom is 0.242 e. The summed E-state index contributed by atoms with van der Waals surface area (Å²) in [6, 6.07) is 15.3. The van der Waals surface area contributed by atoms with Crippen LogP contribution in [0.5, 0.6) is 0 Å². The molecule has 168 valence electrons. The molecule has 2 aromatic carbocycles. The molecule has 1 atom stereocenters. The fraction of sp³-hybridized carbons (Fsp3) is 0.227. The summed E-state index contributed by atoms with van der Waals surface area (Å²) in [6.07, 6.45) is 0.0651. The van der Waals surface area contributed by atoms with E-state index in [2.05, 4.69) is 15.6 Å². The van der Waals surface area contributed by atoms with Gasteiger partial charge < -0.3 is 10.6 Å². The first-order valence-corrected chi connectivity index (χ1v) is 12.1. The molecule has 0 saturated carbocycles. The van der Waals surface area contributed by atoms with Crippen molar-refractivity contribution >= 4 is 38.3 Å². The average molecular weight is 473 g/mol. The van der Waals surface area contributed by atoms with Gasteiger partial charge in [0.15, 0.2) is 5.13 Å². The Balaban J connectivity index is 1.69. The highest BCUT2D eigenvalue weighted by Crippen LogP contribution is 2.27. The quantitative estimate of drug-likeness (QED) is 0.523. The number of sulfonamides is 1. The largest absolute Gasteiger partial charge is 0.349 e. The topological polar surface area (TPSA) is 108 Å². The minimum Gasteiger partial charge on any atom is -0.349 e. The van der Waals surface area contributed by atoms with Gasteiger partial charge in [0, 0.05) is 32.0 Å². The van der Waals surface area contributed by atoms with Crippen molar-refractivity contribution < 1.29 is 18.0 Å². The zero-order chi connectivity index (χ0) is 23.3. The fourth-order valence-corrected chi connectivity index (χ4v) is 4.65. The predicted octanol–water partition coefficient (Wildman–Crippen LogP) is 3.27. The van der Waals surface area contributed by atoms with Crippen LogP contribution in [-0.2, 0) is 19.6 Å². The molecule has 2 amide bonds. The smallest absolute Gasteiger partial charge is 0.242 e. The first-order valence-electron chi connectivity index (χ1n) is 9.77. The number of rotatable bonds is 8. The van der Waals surface area contributed by atoms with E-state index in [1.54, 1.807) is 17.5 Å². The number of benzene rings is 2. The van der Waals surface area contributed by atoms with E-state index < -0.39 is 16.1 Å². The van der Waals surface area contributed by atoms with E-state index in [9.17, 15) is 18.0 Å². The van der Waals surface area contributed by atoms with Gasteiger partial charge in [-0.15, -0.1) is 11.3 Å². The van der Waals surface area contributed by atoms with Crippen molar-refractivity contribution in [3.05, 3.63) is 65.5 Å². The lowest BCUT2D eigenvalue weighted by molar-refractivity contribution is -0.120. The maximum atomic E-state index is 12.6. The van der Waals surface area contributed by atoms with Gasteiger partial charge >= 0.3 is 0 Å². The summed E-state index contributed by atoms with van der Waals surface area (Å²) in [5, 5.41) is 7.78. The number of amides is 2. The summed E-state index contributed by atoms with van der Waals surface area (Å²) in [4.78, 5) is 28.8. The van der Waals surface area contributed by atoms with Crippen LogP contribution in [0.1, 0.15) is 24.9 Å². The molecule has 0 aliphatic heterocycles. The maximum absolute atomic E-state index is 12.6. The number of carbonyl (C=O) groups excluding carboxylic acids is 2. The average Bonchev–Trinajstić information content (AvgIpc) is 3.22. The minimum atomic E-state index is -3.50. The summed E-state index contributed by atoms with van der Waals surface area (Å²) in [5.41, 5.74) is 2.20. The molecule has 0 aliphatic rings. The zero-order valence-electron chi connectivity index (χ0n) is 17.9. The molecule has 0 fully saturated rings. The van der Waals surface area contributed by atoms with Crippen LogP contribution in [0.3, 0.4) is 0 Å². The Labute approximate surface area is 191 Å². The van der Waals surface area contributed by atoms with Crippen LogP contribution in [0.4, 0.5) is 5.13 Å². The molecule has 3 rings (SSSR count). The zero-order valence-corrected chi connectivity index (χ0v) is 19.5. The number of carbonyl (C=O) groups is 2. The molecule has 8 nitrogen and oxygen atoms in total. The summed E-state index contributed by atoms with van der Waals surface area (Å²) < 4.78 is 25.6. The van der Waals surface area contributed by atoms with Crippen LogP contribution in [0, 0.1) is 0 Å². The number of hydrogen-bond acceptors (Lipinski definition) is 6. The first-order chi connectivity index (χ1) is 15.2. The van der Waals surface area contributed by atoms with Gasteiger partial charge in [0.25, 0.3) is 0 Å². The number of hydrogen-bond donors (Lipinski definition) is 2. The Morgan fingerprint density at radius 2 is 1.72 bits per heavy atom. The molecule has 0 radical (unpaired) electrons. The molecule has 32 heavy (non-hydrogen) atoms. The van der Waals surface area contributed by atoms with Crippen molar-refractivity contribution in [2.75, 3.05) is 19.4 Å². The molecule has 0 spiro atoms. The van der Waals surface area contributed by atoms with Crippen molar-refractivity contribution in [1.29, 1.82) is 0 Å². The molecule has 2 N–H and O–H groups in total. The van der Waals surface area contributed by atoms with Crippen LogP contribution >= 0.6 is 11.3 Å². The van der Waals surface area contributed by atoms with Crippen LogP contribution < -0.4 is 10.6 Å². The van der Waals surface area contributed by atoms with E-state index in [-0.39, 0.29) is 23.1 Å². The monoisotopic (exact) mass is 472 g/mol. The predicted molar refractivity (Wildman–Crippen MR) is 125 cm³/mol. The number of thiazole rings is 1. The van der Waals surface area contributed by atoms with Crippen LogP contribution in [0.15, 0.2) is 64.9 Å². The van der Waals surface area contributed by atoms with Crippen molar-refractivity contribution in [3.63, 3.8) is 0 Å². The third-order valence-corrected chi connectivity index (χ3v) is 7.24. The molecule has 1 unspecified atom stereocenters. The Hall–Kier alpha value is -3.08. The van der Waals surface area contributed by atoms with Crippen molar-refractivity contribution in [1.82, 2.24) is 14.6 Å². The molecule has 0 aliphatic carbocycles. The fourth-order valence-electron chi connectivity index (χ4n) is 3.01. The molecule has 3 aromatic rings. The van der Waals surface area contributed by atoms with Crippen LogP contribution in [0.25, 0.3) is 11.3 Å². The van der Waals surface area contributed by atoms with Gasteiger partial charge in [-0.05, 0) is 17.7 Å². The highest BCUT2D eigenvalue weighted by atomic mass is 32.2. The lowest BCUT2D eigenvalue weighted by Crippen LogP contribution is -2.29. The van der Waals surface area contributed by atoms with Crippen molar-refractivity contribution in [2.24, 2.45) is 0 Å². The first kappa shape index (κ1) is 23.6. The normalized spacial score (nSPS) is 12.4. The molecular weight excluding hydrogens is 448 g/mol. The molecule has 0 bridgehead atoms.